The van der Waals surface area contributed by atoms with Gasteiger partial charge in [0.2, 0.25) is 0 Å². The summed E-state index contributed by atoms with van der Waals surface area (Å²) in [6.07, 6.45) is 6.12. The van der Waals surface area contributed by atoms with E-state index in [1.165, 1.54) is 0 Å². The van der Waals surface area contributed by atoms with E-state index in [9.17, 15) is 9.90 Å². The maximum atomic E-state index is 12.1. The molecular weight excluding hydrogens is 242 g/mol. The monoisotopic (exact) mass is 265 g/mol. The molecule has 1 aliphatic rings. The van der Waals surface area contributed by atoms with Crippen LogP contribution < -0.4 is 5.32 Å². The van der Waals surface area contributed by atoms with E-state index >= 15 is 0 Å². The number of carbonyl (C=O) groups excluding carboxylic acids is 1. The van der Waals surface area contributed by atoms with Crippen LogP contribution in [0.25, 0.3) is 0 Å². The first-order valence-electron chi connectivity index (χ1n) is 7.20. The van der Waals surface area contributed by atoms with Crippen LogP contribution in [-0.4, -0.2) is 33.9 Å². The van der Waals surface area contributed by atoms with Gasteiger partial charge in [-0.25, -0.2) is 0 Å². The lowest BCUT2D eigenvalue weighted by Crippen LogP contribution is -2.43. The smallest absolute Gasteiger partial charge is 0.272 e. The molecule has 3 N–H and O–H groups in total. The minimum absolute atomic E-state index is 0.0811. The molecule has 5 heteroatoms. The molecule has 2 rings (SSSR count). The Morgan fingerprint density at radius 2 is 2.32 bits per heavy atom. The standard InChI is InChI=1S/C14H23N3O2/c1-2-5-11-8-13(17-16-11)14(19)15-12-7-4-3-6-10(12)9-18/h8,10,12,18H,2-7,9H2,1H3,(H,15,19)(H,16,17). The fourth-order valence-electron chi connectivity index (χ4n) is 2.73. The Hall–Kier alpha value is -1.36. The maximum Gasteiger partial charge on any atom is 0.272 e. The van der Waals surface area contributed by atoms with Gasteiger partial charge in [0.15, 0.2) is 0 Å². The molecule has 1 amide bonds. The summed E-state index contributed by atoms with van der Waals surface area (Å²) in [6, 6.07) is 1.90. The van der Waals surface area contributed by atoms with Gasteiger partial charge in [-0.15, -0.1) is 0 Å². The van der Waals surface area contributed by atoms with Crippen LogP contribution in [0.3, 0.4) is 0 Å². The summed E-state index contributed by atoms with van der Waals surface area (Å²) in [5.74, 6) is 0.0516. The van der Waals surface area contributed by atoms with Crippen molar-refractivity contribution in [3.05, 3.63) is 17.5 Å². The summed E-state index contributed by atoms with van der Waals surface area (Å²) in [7, 11) is 0. The Morgan fingerprint density at radius 1 is 1.53 bits per heavy atom. The highest BCUT2D eigenvalue weighted by Crippen LogP contribution is 2.24. The number of aromatic amines is 1. The molecule has 106 valence electrons. The Labute approximate surface area is 113 Å². The first kappa shape index (κ1) is 14.1. The number of rotatable bonds is 5. The second kappa shape index (κ2) is 6.70. The molecule has 1 aliphatic carbocycles. The van der Waals surface area contributed by atoms with Crippen LogP contribution in [0.15, 0.2) is 6.07 Å². The van der Waals surface area contributed by atoms with Crippen LogP contribution in [0.4, 0.5) is 0 Å². The minimum Gasteiger partial charge on any atom is -0.396 e. The topological polar surface area (TPSA) is 78.0 Å². The summed E-state index contributed by atoms with van der Waals surface area (Å²) >= 11 is 0. The number of hydrogen-bond donors (Lipinski definition) is 3. The fourth-order valence-corrected chi connectivity index (χ4v) is 2.73. The quantitative estimate of drug-likeness (QED) is 0.757. The average Bonchev–Trinajstić information content (AvgIpc) is 2.88. The number of aliphatic hydroxyl groups excluding tert-OH is 1. The van der Waals surface area contributed by atoms with Crippen LogP contribution in [0.1, 0.15) is 55.2 Å². The van der Waals surface area contributed by atoms with Gasteiger partial charge in [-0.3, -0.25) is 9.89 Å². The maximum absolute atomic E-state index is 12.1. The molecule has 2 atom stereocenters. The van der Waals surface area contributed by atoms with E-state index in [0.29, 0.717) is 5.69 Å². The first-order valence-corrected chi connectivity index (χ1v) is 7.20. The zero-order valence-electron chi connectivity index (χ0n) is 11.5. The zero-order valence-corrected chi connectivity index (χ0v) is 11.5. The molecule has 1 heterocycles. The third kappa shape index (κ3) is 3.56. The lowest BCUT2D eigenvalue weighted by molar-refractivity contribution is 0.0867. The van der Waals surface area contributed by atoms with Crippen molar-refractivity contribution in [1.29, 1.82) is 0 Å². The lowest BCUT2D eigenvalue weighted by Gasteiger charge is -2.30. The highest BCUT2D eigenvalue weighted by molar-refractivity contribution is 5.92. The molecular formula is C14H23N3O2. The van der Waals surface area contributed by atoms with Crippen LogP contribution in [0, 0.1) is 5.92 Å². The first-order chi connectivity index (χ1) is 9.24. The van der Waals surface area contributed by atoms with E-state index in [1.807, 2.05) is 6.07 Å². The van der Waals surface area contributed by atoms with Crippen LogP contribution in [-0.2, 0) is 6.42 Å². The van der Waals surface area contributed by atoms with Crippen LogP contribution >= 0.6 is 0 Å². The van der Waals surface area contributed by atoms with Gasteiger partial charge < -0.3 is 10.4 Å². The van der Waals surface area contributed by atoms with Crippen molar-refractivity contribution in [2.45, 2.75) is 51.5 Å². The molecule has 1 saturated carbocycles. The molecule has 0 aliphatic heterocycles. The Bertz CT molecular complexity index is 417. The van der Waals surface area contributed by atoms with Crippen LogP contribution in [0.2, 0.25) is 0 Å². The van der Waals surface area contributed by atoms with Crippen LogP contribution in [0.5, 0.6) is 0 Å². The van der Waals surface area contributed by atoms with Crippen molar-refractivity contribution in [2.75, 3.05) is 6.61 Å². The van der Waals surface area contributed by atoms with Crippen molar-refractivity contribution in [3.8, 4) is 0 Å². The van der Waals surface area contributed by atoms with Gasteiger partial charge in [0, 0.05) is 24.3 Å². The van der Waals surface area contributed by atoms with Gasteiger partial charge in [0.05, 0.1) is 0 Å². The van der Waals surface area contributed by atoms with Crippen molar-refractivity contribution in [1.82, 2.24) is 15.5 Å². The predicted octanol–water partition coefficient (Wildman–Crippen LogP) is 1.64. The van der Waals surface area contributed by atoms with Crippen molar-refractivity contribution in [2.24, 2.45) is 5.92 Å². The van der Waals surface area contributed by atoms with Gasteiger partial charge in [-0.1, -0.05) is 26.2 Å². The number of amides is 1. The molecule has 19 heavy (non-hydrogen) atoms. The number of aryl methyl sites for hydroxylation is 1. The number of hydrogen-bond acceptors (Lipinski definition) is 3. The molecule has 5 nitrogen and oxygen atoms in total. The molecule has 1 aromatic heterocycles. The van der Waals surface area contributed by atoms with E-state index in [0.717, 1.165) is 44.2 Å². The number of carbonyl (C=O) groups is 1. The summed E-state index contributed by atoms with van der Waals surface area (Å²) in [6.45, 7) is 2.24. The highest BCUT2D eigenvalue weighted by atomic mass is 16.3. The van der Waals surface area contributed by atoms with E-state index in [1.54, 1.807) is 0 Å². The van der Waals surface area contributed by atoms with Gasteiger partial charge in [0.1, 0.15) is 5.69 Å². The molecule has 0 bridgehead atoms. The summed E-state index contributed by atoms with van der Waals surface area (Å²) in [5.41, 5.74) is 1.45. The molecule has 0 saturated heterocycles. The summed E-state index contributed by atoms with van der Waals surface area (Å²) < 4.78 is 0. The van der Waals surface area contributed by atoms with E-state index in [-0.39, 0.29) is 24.5 Å². The van der Waals surface area contributed by atoms with Gasteiger partial charge >= 0.3 is 0 Å². The number of aliphatic hydroxyl groups is 1. The van der Waals surface area contributed by atoms with Gasteiger partial charge in [-0.05, 0) is 25.3 Å². The molecule has 1 fully saturated rings. The molecule has 0 spiro atoms. The van der Waals surface area contributed by atoms with Gasteiger partial charge in [-0.2, -0.15) is 5.10 Å². The van der Waals surface area contributed by atoms with E-state index in [2.05, 4.69) is 22.4 Å². The van der Waals surface area contributed by atoms with Crippen molar-refractivity contribution >= 4 is 5.91 Å². The number of nitrogens with zero attached hydrogens (tertiary/aromatic N) is 1. The highest BCUT2D eigenvalue weighted by Gasteiger charge is 2.26. The molecule has 0 radical (unpaired) electrons. The largest absolute Gasteiger partial charge is 0.396 e. The number of aromatic nitrogens is 2. The number of H-pyrrole nitrogens is 1. The Kier molecular flexibility index (Phi) is 4.96. The average molecular weight is 265 g/mol. The van der Waals surface area contributed by atoms with E-state index in [4.69, 9.17) is 0 Å². The summed E-state index contributed by atoms with van der Waals surface area (Å²) in [4.78, 5) is 12.1. The molecule has 2 unspecified atom stereocenters. The Balaban J connectivity index is 1.95. The summed E-state index contributed by atoms with van der Waals surface area (Å²) in [5, 5.41) is 19.3. The van der Waals surface area contributed by atoms with Crippen molar-refractivity contribution in [3.63, 3.8) is 0 Å². The molecule has 0 aromatic carbocycles. The predicted molar refractivity (Wildman–Crippen MR) is 72.9 cm³/mol. The second-order valence-electron chi connectivity index (χ2n) is 5.34. The Morgan fingerprint density at radius 3 is 3.05 bits per heavy atom. The fraction of sp³-hybridized carbons (Fsp3) is 0.714. The third-order valence-corrected chi connectivity index (χ3v) is 3.84. The van der Waals surface area contributed by atoms with Gasteiger partial charge in [0.25, 0.3) is 5.91 Å². The molecule has 1 aromatic rings. The van der Waals surface area contributed by atoms with E-state index < -0.39 is 0 Å². The number of nitrogens with one attached hydrogen (secondary N) is 2. The second-order valence-corrected chi connectivity index (χ2v) is 5.34. The lowest BCUT2D eigenvalue weighted by atomic mass is 9.85. The zero-order chi connectivity index (χ0) is 13.7. The minimum atomic E-state index is -0.135. The van der Waals surface area contributed by atoms with Crippen molar-refractivity contribution < 1.29 is 9.90 Å². The SMILES string of the molecule is CCCc1cc(C(=O)NC2CCCCC2CO)n[nH]1. The third-order valence-electron chi connectivity index (χ3n) is 3.84. The normalized spacial score (nSPS) is 23.3.